The van der Waals surface area contributed by atoms with Crippen molar-refractivity contribution in [3.05, 3.63) is 0 Å². The number of nitrogens with two attached hydrogens (primary N) is 1. The molecule has 21 heavy (non-hydrogen) atoms. The molecule has 2 rings (SSSR count). The molecule has 2 heterocycles. The second-order valence-corrected chi connectivity index (χ2v) is 7.24. The monoisotopic (exact) mass is 295 g/mol. The third-order valence-corrected chi connectivity index (χ3v) is 5.85. The van der Waals surface area contributed by atoms with Crippen LogP contribution in [0.15, 0.2) is 0 Å². The molecule has 2 aliphatic rings. The number of nitrogens with zero attached hydrogens (tertiary/aromatic N) is 2. The Morgan fingerprint density at radius 2 is 1.48 bits per heavy atom. The van der Waals surface area contributed by atoms with Crippen LogP contribution in [0, 0.1) is 0 Å². The number of rotatable bonds is 7. The smallest absolute Gasteiger partial charge is 0.0331 e. The predicted octanol–water partition coefficient (Wildman–Crippen LogP) is 3.23. The molecule has 0 spiro atoms. The van der Waals surface area contributed by atoms with E-state index in [1.165, 1.54) is 84.0 Å². The Labute approximate surface area is 132 Å². The highest BCUT2D eigenvalue weighted by Crippen LogP contribution is 2.31. The Morgan fingerprint density at radius 1 is 0.905 bits per heavy atom. The van der Waals surface area contributed by atoms with Gasteiger partial charge in [-0.2, -0.15) is 0 Å². The standard InChI is InChI=1S/C18H37N3/c1-3-10-18(16-19,11-4-2)21-14-8-17(9-15-21)20-12-6-5-7-13-20/h17H,3-16,19H2,1-2H3. The first-order valence-electron chi connectivity index (χ1n) is 9.45. The van der Waals surface area contributed by atoms with Gasteiger partial charge in [-0.15, -0.1) is 0 Å². The maximum Gasteiger partial charge on any atom is 0.0331 e. The molecular weight excluding hydrogens is 258 g/mol. The van der Waals surface area contributed by atoms with E-state index in [2.05, 4.69) is 23.6 Å². The Kier molecular flexibility index (Phi) is 6.97. The van der Waals surface area contributed by atoms with Crippen molar-refractivity contribution in [3.63, 3.8) is 0 Å². The molecule has 124 valence electrons. The second kappa shape index (κ2) is 8.50. The molecule has 0 bridgehead atoms. The zero-order valence-electron chi connectivity index (χ0n) is 14.4. The van der Waals surface area contributed by atoms with Gasteiger partial charge in [-0.25, -0.2) is 0 Å². The molecule has 0 atom stereocenters. The fourth-order valence-electron chi connectivity index (χ4n) is 4.69. The molecule has 3 nitrogen and oxygen atoms in total. The SMILES string of the molecule is CCCC(CN)(CCC)N1CCC(N2CCCCC2)CC1. The predicted molar refractivity (Wildman–Crippen MR) is 91.6 cm³/mol. The Bertz CT molecular complexity index is 272. The van der Waals surface area contributed by atoms with Gasteiger partial charge in [0.2, 0.25) is 0 Å². The van der Waals surface area contributed by atoms with Crippen molar-refractivity contribution in [2.75, 3.05) is 32.7 Å². The van der Waals surface area contributed by atoms with Crippen LogP contribution in [0.5, 0.6) is 0 Å². The van der Waals surface area contributed by atoms with Crippen molar-refractivity contribution >= 4 is 0 Å². The molecule has 0 amide bonds. The van der Waals surface area contributed by atoms with Crippen LogP contribution in [0.25, 0.3) is 0 Å². The highest BCUT2D eigenvalue weighted by molar-refractivity contribution is 4.94. The van der Waals surface area contributed by atoms with E-state index in [1.807, 2.05) is 0 Å². The second-order valence-electron chi connectivity index (χ2n) is 7.24. The van der Waals surface area contributed by atoms with Crippen molar-refractivity contribution < 1.29 is 0 Å². The average Bonchev–Trinajstić information content (AvgIpc) is 2.55. The molecule has 3 heteroatoms. The highest BCUT2D eigenvalue weighted by Gasteiger charge is 2.37. The normalized spacial score (nSPS) is 23.6. The summed E-state index contributed by atoms with van der Waals surface area (Å²) in [7, 11) is 0. The van der Waals surface area contributed by atoms with Crippen LogP contribution >= 0.6 is 0 Å². The number of piperidine rings is 2. The molecule has 0 aromatic carbocycles. The molecule has 0 radical (unpaired) electrons. The van der Waals surface area contributed by atoms with Gasteiger partial charge in [0.15, 0.2) is 0 Å². The fraction of sp³-hybridized carbons (Fsp3) is 1.00. The summed E-state index contributed by atoms with van der Waals surface area (Å²) < 4.78 is 0. The van der Waals surface area contributed by atoms with Gasteiger partial charge in [-0.3, -0.25) is 4.90 Å². The van der Waals surface area contributed by atoms with Crippen molar-refractivity contribution in [2.45, 2.75) is 83.2 Å². The van der Waals surface area contributed by atoms with Gasteiger partial charge in [-0.1, -0.05) is 33.1 Å². The fourth-order valence-corrected chi connectivity index (χ4v) is 4.69. The van der Waals surface area contributed by atoms with Crippen molar-refractivity contribution in [3.8, 4) is 0 Å². The van der Waals surface area contributed by atoms with Crippen LogP contribution in [-0.2, 0) is 0 Å². The maximum absolute atomic E-state index is 6.24. The molecule has 0 saturated carbocycles. The average molecular weight is 296 g/mol. The van der Waals surface area contributed by atoms with Crippen LogP contribution in [0.1, 0.15) is 71.6 Å². The van der Waals surface area contributed by atoms with E-state index < -0.39 is 0 Å². The largest absolute Gasteiger partial charge is 0.329 e. The molecule has 2 fully saturated rings. The summed E-state index contributed by atoms with van der Waals surface area (Å²) in [6.45, 7) is 10.7. The first-order valence-corrected chi connectivity index (χ1v) is 9.45. The third kappa shape index (κ3) is 4.20. The maximum atomic E-state index is 6.24. The van der Waals surface area contributed by atoms with E-state index in [0.717, 1.165) is 12.6 Å². The molecule has 0 aromatic rings. The van der Waals surface area contributed by atoms with E-state index in [0.29, 0.717) is 0 Å². The lowest BCUT2D eigenvalue weighted by Crippen LogP contribution is -2.58. The van der Waals surface area contributed by atoms with Crippen LogP contribution in [0.4, 0.5) is 0 Å². The van der Waals surface area contributed by atoms with Crippen molar-refractivity contribution in [2.24, 2.45) is 5.73 Å². The lowest BCUT2D eigenvalue weighted by atomic mass is 9.84. The van der Waals surface area contributed by atoms with Gasteiger partial charge in [-0.05, 0) is 51.6 Å². The minimum Gasteiger partial charge on any atom is -0.329 e. The van der Waals surface area contributed by atoms with Gasteiger partial charge in [0.1, 0.15) is 0 Å². The molecular formula is C18H37N3. The number of likely N-dealkylation sites (tertiary alicyclic amines) is 2. The lowest BCUT2D eigenvalue weighted by Gasteiger charge is -2.49. The molecule has 0 aromatic heterocycles. The Morgan fingerprint density at radius 3 is 1.95 bits per heavy atom. The molecule has 0 aliphatic carbocycles. The zero-order chi connectivity index (χ0) is 15.1. The highest BCUT2D eigenvalue weighted by atomic mass is 15.2. The van der Waals surface area contributed by atoms with Crippen molar-refractivity contribution in [1.29, 1.82) is 0 Å². The van der Waals surface area contributed by atoms with E-state index in [4.69, 9.17) is 5.73 Å². The van der Waals surface area contributed by atoms with Gasteiger partial charge in [0.25, 0.3) is 0 Å². The molecule has 2 N–H and O–H groups in total. The summed E-state index contributed by atoms with van der Waals surface area (Å²) in [6, 6.07) is 0.847. The van der Waals surface area contributed by atoms with Crippen molar-refractivity contribution in [1.82, 2.24) is 9.80 Å². The zero-order valence-corrected chi connectivity index (χ0v) is 14.4. The van der Waals surface area contributed by atoms with Crippen LogP contribution in [0.2, 0.25) is 0 Å². The number of hydrogen-bond donors (Lipinski definition) is 1. The van der Waals surface area contributed by atoms with E-state index >= 15 is 0 Å². The Balaban J connectivity index is 1.90. The van der Waals surface area contributed by atoms with Gasteiger partial charge < -0.3 is 10.6 Å². The molecule has 0 unspecified atom stereocenters. The minimum atomic E-state index is 0.288. The van der Waals surface area contributed by atoms with Crippen LogP contribution in [-0.4, -0.2) is 54.1 Å². The molecule has 2 aliphatic heterocycles. The van der Waals surface area contributed by atoms with Gasteiger partial charge in [0, 0.05) is 31.2 Å². The minimum absolute atomic E-state index is 0.288. The summed E-state index contributed by atoms with van der Waals surface area (Å²) >= 11 is 0. The van der Waals surface area contributed by atoms with Gasteiger partial charge >= 0.3 is 0 Å². The topological polar surface area (TPSA) is 32.5 Å². The number of hydrogen-bond acceptors (Lipinski definition) is 3. The summed E-state index contributed by atoms with van der Waals surface area (Å²) in [4.78, 5) is 5.52. The first-order chi connectivity index (χ1) is 10.3. The van der Waals surface area contributed by atoms with E-state index in [1.54, 1.807) is 0 Å². The Hall–Kier alpha value is -0.120. The first kappa shape index (κ1) is 17.2. The summed E-state index contributed by atoms with van der Waals surface area (Å²) in [5, 5.41) is 0. The van der Waals surface area contributed by atoms with E-state index in [-0.39, 0.29) is 5.54 Å². The van der Waals surface area contributed by atoms with Gasteiger partial charge in [0.05, 0.1) is 0 Å². The summed E-state index contributed by atoms with van der Waals surface area (Å²) in [5.41, 5.74) is 6.52. The third-order valence-electron chi connectivity index (χ3n) is 5.85. The summed E-state index contributed by atoms with van der Waals surface area (Å²) in [6.07, 6.45) is 12.0. The van der Waals surface area contributed by atoms with Crippen LogP contribution in [0.3, 0.4) is 0 Å². The molecule has 2 saturated heterocycles. The lowest BCUT2D eigenvalue weighted by molar-refractivity contribution is 0.0183. The van der Waals surface area contributed by atoms with Crippen LogP contribution < -0.4 is 5.73 Å². The van der Waals surface area contributed by atoms with E-state index in [9.17, 15) is 0 Å². The summed E-state index contributed by atoms with van der Waals surface area (Å²) in [5.74, 6) is 0. The quantitative estimate of drug-likeness (QED) is 0.782.